The molecule has 0 fully saturated rings. The van der Waals surface area contributed by atoms with Crippen molar-refractivity contribution >= 4 is 20.1 Å². The molecule has 0 saturated carbocycles. The Hall–Kier alpha value is -0.780. The van der Waals surface area contributed by atoms with Gasteiger partial charge >= 0.3 is 0 Å². The lowest BCUT2D eigenvalue weighted by molar-refractivity contribution is 0.386. The van der Waals surface area contributed by atoms with Gasteiger partial charge in [0.05, 0.1) is 0 Å². The molecule has 1 atom stereocenters. The summed E-state index contributed by atoms with van der Waals surface area (Å²) in [7, 11) is -10.6. The second-order valence-electron chi connectivity index (χ2n) is 3.06. The summed E-state index contributed by atoms with van der Waals surface area (Å²) in [6, 6.07) is 0. The highest BCUT2D eigenvalue weighted by Gasteiger charge is 2.52. The van der Waals surface area contributed by atoms with E-state index in [-0.39, 0.29) is 0 Å². The van der Waals surface area contributed by atoms with Crippen LogP contribution in [0.5, 0.6) is 0 Å². The van der Waals surface area contributed by atoms with Crippen LogP contribution in [0.25, 0.3) is 0 Å². The van der Waals surface area contributed by atoms with Gasteiger partial charge in [-0.25, -0.2) is 22.0 Å². The van der Waals surface area contributed by atoms with Gasteiger partial charge < -0.3 is 0 Å². The first-order chi connectivity index (χ1) is 8.37. The number of thiol groups is 1. The van der Waals surface area contributed by atoms with Crippen LogP contribution in [-0.4, -0.2) is 5.50 Å². The summed E-state index contributed by atoms with van der Waals surface area (Å²) >= 11 is 0. The molecule has 0 aliphatic carbocycles. The summed E-state index contributed by atoms with van der Waals surface area (Å²) in [5.41, 5.74) is -3.88. The van der Waals surface area contributed by atoms with E-state index in [0.29, 0.717) is 0 Å². The van der Waals surface area contributed by atoms with Crippen LogP contribution in [0.1, 0.15) is 0 Å². The Kier molecular flexibility index (Phi) is 3.98. The molecule has 19 heavy (non-hydrogen) atoms. The predicted octanol–water partition coefficient (Wildman–Crippen LogP) is 6.08. The van der Waals surface area contributed by atoms with Crippen LogP contribution in [-0.2, 0) is 0 Å². The van der Waals surface area contributed by atoms with E-state index in [9.17, 15) is 42.4 Å². The Labute approximate surface area is 103 Å². The van der Waals surface area contributed by atoms with Gasteiger partial charge in [0.1, 0.15) is 9.35 Å². The summed E-state index contributed by atoms with van der Waals surface area (Å²) < 4.78 is 128. The Balaban J connectivity index is 3.72. The third kappa shape index (κ3) is 2.88. The van der Waals surface area contributed by atoms with Gasteiger partial charge in [0.25, 0.3) is 0 Å². The molecule has 1 unspecified atom stereocenters. The van der Waals surface area contributed by atoms with Crippen molar-refractivity contribution in [2.45, 2.75) is 5.50 Å². The first-order valence-electron chi connectivity index (χ1n) is 4.04. The van der Waals surface area contributed by atoms with Crippen molar-refractivity contribution in [3.63, 3.8) is 0 Å². The van der Waals surface area contributed by atoms with E-state index in [4.69, 9.17) is 0 Å². The average Bonchev–Trinajstić information content (AvgIpc) is 2.31. The van der Waals surface area contributed by atoms with E-state index in [1.54, 1.807) is 0 Å². The van der Waals surface area contributed by atoms with Crippen molar-refractivity contribution in [3.8, 4) is 0 Å². The molecule has 1 rings (SSSR count). The molecule has 0 aromatic carbocycles. The van der Waals surface area contributed by atoms with Crippen molar-refractivity contribution in [2.75, 3.05) is 0 Å². The Morgan fingerprint density at radius 1 is 0.737 bits per heavy atom. The number of hydrogen-bond acceptors (Lipinski definition) is 1. The van der Waals surface area contributed by atoms with Gasteiger partial charge in [0, 0.05) is 0 Å². The molecule has 0 radical (unpaired) electrons. The van der Waals surface area contributed by atoms with Crippen LogP contribution >= 0.6 is 20.1 Å². The zero-order chi connectivity index (χ0) is 15.2. The molecule has 0 saturated heterocycles. The highest BCUT2D eigenvalue weighted by Crippen LogP contribution is 2.91. The summed E-state index contributed by atoms with van der Waals surface area (Å²) in [4.78, 5) is 0. The molecule has 112 valence electrons. The van der Waals surface area contributed by atoms with Crippen LogP contribution in [0, 0.1) is 0 Å². The third-order valence-corrected chi connectivity index (χ3v) is 5.34. The molecule has 0 N–H and O–H groups in total. The molecule has 0 amide bonds. The lowest BCUT2D eigenvalue weighted by atomic mass is 10.3. The lowest BCUT2D eigenvalue weighted by Crippen LogP contribution is -2.04. The summed E-state index contributed by atoms with van der Waals surface area (Å²) in [5.74, 6) is -15.7. The van der Waals surface area contributed by atoms with Crippen molar-refractivity contribution in [3.05, 3.63) is 34.3 Å². The minimum absolute atomic E-state index is 2.02. The van der Waals surface area contributed by atoms with Gasteiger partial charge in [-0.05, 0) is 10.8 Å². The number of alkyl halides is 1. The monoisotopic (exact) mass is 340 g/mol. The second kappa shape index (κ2) is 4.65. The van der Waals surface area contributed by atoms with E-state index in [0.717, 1.165) is 0 Å². The van der Waals surface area contributed by atoms with Crippen molar-refractivity contribution in [1.82, 2.24) is 0 Å². The molecule has 1 heterocycles. The van der Waals surface area contributed by atoms with E-state index in [2.05, 4.69) is 0 Å². The molecule has 12 heteroatoms. The standard InChI is InChI=1S/C7H2F10S2/c8-1-2(9)4(11)6(13)18-19(15,16,17)7(14)5(12)3(1)10/h6,19H. The Morgan fingerprint density at radius 3 is 1.63 bits per heavy atom. The van der Waals surface area contributed by atoms with Gasteiger partial charge in [-0.15, -0.1) is 11.7 Å². The van der Waals surface area contributed by atoms with Crippen LogP contribution in [0.3, 0.4) is 0 Å². The summed E-state index contributed by atoms with van der Waals surface area (Å²) in [6.45, 7) is 0. The molecular weight excluding hydrogens is 338 g/mol. The van der Waals surface area contributed by atoms with E-state index in [1.165, 1.54) is 0 Å². The quantitative estimate of drug-likeness (QED) is 0.317. The normalized spacial score (nSPS) is 30.4. The molecule has 0 aromatic rings. The maximum Gasteiger partial charge on any atom is 0.243 e. The van der Waals surface area contributed by atoms with Crippen molar-refractivity contribution in [1.29, 1.82) is 0 Å². The first-order valence-corrected chi connectivity index (χ1v) is 7.43. The maximum absolute atomic E-state index is 12.9. The van der Waals surface area contributed by atoms with Crippen LogP contribution in [0.4, 0.5) is 42.4 Å². The average molecular weight is 340 g/mol. The highest BCUT2D eigenvalue weighted by atomic mass is 33.2. The zero-order valence-corrected chi connectivity index (χ0v) is 9.92. The number of halogens is 10. The molecule has 0 nitrogen and oxygen atoms in total. The van der Waals surface area contributed by atoms with Crippen molar-refractivity contribution in [2.24, 2.45) is 0 Å². The SMILES string of the molecule is FC1=C(F)C(F)=C(F)[SH](F)(F)(F)SC(F)C(F)=C1F. The number of allylic oxidation sites excluding steroid dienone is 4. The van der Waals surface area contributed by atoms with Crippen LogP contribution in [0.15, 0.2) is 34.3 Å². The van der Waals surface area contributed by atoms with E-state index >= 15 is 0 Å². The van der Waals surface area contributed by atoms with Crippen LogP contribution in [0.2, 0.25) is 0 Å². The minimum Gasteiger partial charge on any atom is -0.227 e. The Morgan fingerprint density at radius 2 is 1.16 bits per heavy atom. The van der Waals surface area contributed by atoms with Crippen LogP contribution < -0.4 is 0 Å². The number of rotatable bonds is 0. The van der Waals surface area contributed by atoms with Crippen molar-refractivity contribution < 1.29 is 42.4 Å². The number of hydrogen-bond donors (Lipinski definition) is 1. The fourth-order valence-electron chi connectivity index (χ4n) is 0.883. The first kappa shape index (κ1) is 16.3. The van der Waals surface area contributed by atoms with Gasteiger partial charge in [0.2, 0.25) is 22.3 Å². The zero-order valence-electron chi connectivity index (χ0n) is 8.21. The minimum atomic E-state index is -8.56. The lowest BCUT2D eigenvalue weighted by Gasteiger charge is -2.35. The van der Waals surface area contributed by atoms with E-state index < -0.39 is 59.9 Å². The third-order valence-electron chi connectivity index (χ3n) is 1.74. The summed E-state index contributed by atoms with van der Waals surface area (Å²) in [6.07, 6.45) is 0. The second-order valence-corrected chi connectivity index (χ2v) is 7.99. The smallest absolute Gasteiger partial charge is 0.227 e. The fourth-order valence-corrected chi connectivity index (χ4v) is 3.58. The Bertz CT molecular complexity index is 510. The van der Waals surface area contributed by atoms with Gasteiger partial charge in [-0.3, -0.25) is 0 Å². The largest absolute Gasteiger partial charge is 0.243 e. The van der Waals surface area contributed by atoms with Gasteiger partial charge in [0.15, 0.2) is 17.5 Å². The van der Waals surface area contributed by atoms with E-state index in [1.807, 2.05) is 0 Å². The van der Waals surface area contributed by atoms with Gasteiger partial charge in [-0.1, -0.05) is 0 Å². The van der Waals surface area contributed by atoms with Gasteiger partial charge in [-0.2, -0.15) is 8.78 Å². The molecule has 1 aliphatic rings. The summed E-state index contributed by atoms with van der Waals surface area (Å²) in [5, 5.41) is -3.73. The molecule has 0 spiro atoms. The maximum atomic E-state index is 12.9. The molecule has 1 aliphatic heterocycles. The highest BCUT2D eigenvalue weighted by molar-refractivity contribution is 8.98. The molecule has 0 aromatic heterocycles. The topological polar surface area (TPSA) is 0 Å². The molecular formula is C7H2F10S2. The fraction of sp³-hybridized carbons (Fsp3) is 0.143. The molecule has 0 bridgehead atoms. The predicted molar refractivity (Wildman–Crippen MR) is 52.5 cm³/mol.